The van der Waals surface area contributed by atoms with Crippen molar-refractivity contribution in [2.75, 3.05) is 17.2 Å². The molecular weight excluding hydrogens is 174 g/mol. The molecule has 1 saturated carbocycles. The average Bonchev–Trinajstić information content (AvgIpc) is 2.83. The van der Waals surface area contributed by atoms with E-state index in [9.17, 15) is 0 Å². The molecular formula is C11H17N3. The van der Waals surface area contributed by atoms with Gasteiger partial charge in [-0.05, 0) is 25.3 Å². The molecule has 2 rings (SSSR count). The van der Waals surface area contributed by atoms with Gasteiger partial charge in [-0.15, -0.1) is 0 Å². The molecule has 1 aromatic heterocycles. The SMILES string of the molecule is CCNc1cncc(NC2CC2C)c1. The summed E-state index contributed by atoms with van der Waals surface area (Å²) in [5.41, 5.74) is 2.21. The van der Waals surface area contributed by atoms with Crippen LogP contribution < -0.4 is 10.6 Å². The fraction of sp³-hybridized carbons (Fsp3) is 0.545. The summed E-state index contributed by atoms with van der Waals surface area (Å²) in [5, 5.41) is 6.71. The predicted octanol–water partition coefficient (Wildman–Crippen LogP) is 2.33. The lowest BCUT2D eigenvalue weighted by Gasteiger charge is -2.07. The molecule has 0 radical (unpaired) electrons. The zero-order chi connectivity index (χ0) is 9.97. The Labute approximate surface area is 84.9 Å². The summed E-state index contributed by atoms with van der Waals surface area (Å²) < 4.78 is 0. The maximum absolute atomic E-state index is 4.18. The molecule has 14 heavy (non-hydrogen) atoms. The normalized spacial score (nSPS) is 24.4. The molecule has 0 bridgehead atoms. The molecule has 3 heteroatoms. The highest BCUT2D eigenvalue weighted by Gasteiger charge is 2.32. The van der Waals surface area contributed by atoms with Crippen LogP contribution in [0.15, 0.2) is 18.5 Å². The van der Waals surface area contributed by atoms with Gasteiger partial charge in [-0.1, -0.05) is 6.92 Å². The van der Waals surface area contributed by atoms with Gasteiger partial charge in [-0.2, -0.15) is 0 Å². The molecule has 2 unspecified atom stereocenters. The monoisotopic (exact) mass is 191 g/mol. The zero-order valence-electron chi connectivity index (χ0n) is 8.75. The highest BCUT2D eigenvalue weighted by molar-refractivity contribution is 5.54. The third-order valence-corrected chi connectivity index (χ3v) is 2.58. The lowest BCUT2D eigenvalue weighted by molar-refractivity contribution is 0.928. The van der Waals surface area contributed by atoms with E-state index < -0.39 is 0 Å². The van der Waals surface area contributed by atoms with Crippen molar-refractivity contribution < 1.29 is 0 Å². The van der Waals surface area contributed by atoms with Gasteiger partial charge >= 0.3 is 0 Å². The molecule has 1 aromatic rings. The van der Waals surface area contributed by atoms with Crippen molar-refractivity contribution in [1.29, 1.82) is 0 Å². The van der Waals surface area contributed by atoms with Crippen LogP contribution >= 0.6 is 0 Å². The summed E-state index contributed by atoms with van der Waals surface area (Å²) in [6.45, 7) is 5.28. The number of aromatic nitrogens is 1. The van der Waals surface area contributed by atoms with Gasteiger partial charge in [-0.25, -0.2) is 0 Å². The van der Waals surface area contributed by atoms with E-state index in [1.807, 2.05) is 12.4 Å². The molecule has 3 nitrogen and oxygen atoms in total. The second-order valence-corrected chi connectivity index (χ2v) is 3.96. The van der Waals surface area contributed by atoms with Crippen LogP contribution in [0, 0.1) is 5.92 Å². The van der Waals surface area contributed by atoms with Crippen molar-refractivity contribution in [2.45, 2.75) is 26.3 Å². The van der Waals surface area contributed by atoms with Gasteiger partial charge < -0.3 is 10.6 Å². The van der Waals surface area contributed by atoms with E-state index in [4.69, 9.17) is 0 Å². The van der Waals surface area contributed by atoms with E-state index in [0.29, 0.717) is 6.04 Å². The number of anilines is 2. The molecule has 0 amide bonds. The Balaban J connectivity index is 1.99. The molecule has 1 heterocycles. The highest BCUT2D eigenvalue weighted by Crippen LogP contribution is 2.32. The van der Waals surface area contributed by atoms with E-state index in [2.05, 4.69) is 35.5 Å². The smallest absolute Gasteiger partial charge is 0.0549 e. The molecule has 2 atom stereocenters. The molecule has 2 N–H and O–H groups in total. The minimum atomic E-state index is 0.661. The standard InChI is InChI=1S/C11H17N3/c1-3-13-9-5-10(7-12-6-9)14-11-4-8(11)2/h5-8,11,13-14H,3-4H2,1-2H3. The molecule has 1 aliphatic rings. The van der Waals surface area contributed by atoms with Crippen molar-refractivity contribution in [3.8, 4) is 0 Å². The molecule has 0 spiro atoms. The van der Waals surface area contributed by atoms with E-state index in [-0.39, 0.29) is 0 Å². The summed E-state index contributed by atoms with van der Waals surface area (Å²) in [6, 6.07) is 2.77. The lowest BCUT2D eigenvalue weighted by Crippen LogP contribution is -2.05. The van der Waals surface area contributed by atoms with E-state index in [1.165, 1.54) is 6.42 Å². The summed E-state index contributed by atoms with van der Waals surface area (Å²) in [5.74, 6) is 0.817. The Morgan fingerprint density at radius 3 is 2.79 bits per heavy atom. The molecule has 1 fully saturated rings. The quantitative estimate of drug-likeness (QED) is 0.767. The number of rotatable bonds is 4. The Hall–Kier alpha value is -1.25. The van der Waals surface area contributed by atoms with Crippen LogP contribution in [0.4, 0.5) is 11.4 Å². The first kappa shape index (κ1) is 9.31. The molecule has 0 aromatic carbocycles. The minimum absolute atomic E-state index is 0.661. The molecule has 76 valence electrons. The van der Waals surface area contributed by atoms with Crippen LogP contribution in [0.2, 0.25) is 0 Å². The number of hydrogen-bond donors (Lipinski definition) is 2. The first-order valence-corrected chi connectivity index (χ1v) is 5.25. The topological polar surface area (TPSA) is 37.0 Å². The summed E-state index contributed by atoms with van der Waals surface area (Å²) >= 11 is 0. The van der Waals surface area contributed by atoms with Crippen molar-refractivity contribution in [3.63, 3.8) is 0 Å². The van der Waals surface area contributed by atoms with Gasteiger partial charge in [-0.3, -0.25) is 4.98 Å². The van der Waals surface area contributed by atoms with E-state index >= 15 is 0 Å². The Morgan fingerprint density at radius 2 is 2.14 bits per heavy atom. The maximum atomic E-state index is 4.18. The third-order valence-electron chi connectivity index (χ3n) is 2.58. The fourth-order valence-corrected chi connectivity index (χ4v) is 1.56. The first-order chi connectivity index (χ1) is 6.79. The van der Waals surface area contributed by atoms with Crippen LogP contribution in [-0.2, 0) is 0 Å². The summed E-state index contributed by atoms with van der Waals surface area (Å²) in [7, 11) is 0. The molecule has 1 aliphatic carbocycles. The number of nitrogens with zero attached hydrogens (tertiary/aromatic N) is 1. The predicted molar refractivity (Wildman–Crippen MR) is 59.6 cm³/mol. The second kappa shape index (κ2) is 3.86. The number of pyridine rings is 1. The van der Waals surface area contributed by atoms with Gasteiger partial charge in [0.25, 0.3) is 0 Å². The van der Waals surface area contributed by atoms with Gasteiger partial charge in [0.05, 0.1) is 23.8 Å². The maximum Gasteiger partial charge on any atom is 0.0549 e. The van der Waals surface area contributed by atoms with Crippen molar-refractivity contribution in [2.24, 2.45) is 5.92 Å². The Bertz CT molecular complexity index is 311. The van der Waals surface area contributed by atoms with Crippen LogP contribution in [0.5, 0.6) is 0 Å². The van der Waals surface area contributed by atoms with Gasteiger partial charge in [0, 0.05) is 12.6 Å². The Morgan fingerprint density at radius 1 is 1.43 bits per heavy atom. The molecule has 0 aliphatic heterocycles. The van der Waals surface area contributed by atoms with Gasteiger partial charge in [0.2, 0.25) is 0 Å². The van der Waals surface area contributed by atoms with Gasteiger partial charge in [0.1, 0.15) is 0 Å². The second-order valence-electron chi connectivity index (χ2n) is 3.96. The van der Waals surface area contributed by atoms with Crippen molar-refractivity contribution in [1.82, 2.24) is 4.98 Å². The third kappa shape index (κ3) is 2.16. The van der Waals surface area contributed by atoms with Crippen molar-refractivity contribution in [3.05, 3.63) is 18.5 Å². The number of nitrogens with one attached hydrogen (secondary N) is 2. The average molecular weight is 191 g/mol. The number of hydrogen-bond acceptors (Lipinski definition) is 3. The first-order valence-electron chi connectivity index (χ1n) is 5.25. The van der Waals surface area contributed by atoms with Crippen LogP contribution in [-0.4, -0.2) is 17.6 Å². The highest BCUT2D eigenvalue weighted by atomic mass is 15.0. The van der Waals surface area contributed by atoms with Gasteiger partial charge in [0.15, 0.2) is 0 Å². The fourth-order valence-electron chi connectivity index (χ4n) is 1.56. The summed E-state index contributed by atoms with van der Waals surface area (Å²) in [4.78, 5) is 4.18. The van der Waals surface area contributed by atoms with Crippen LogP contribution in [0.3, 0.4) is 0 Å². The summed E-state index contributed by atoms with van der Waals surface area (Å²) in [6.07, 6.45) is 5.02. The Kier molecular flexibility index (Phi) is 2.57. The van der Waals surface area contributed by atoms with Crippen LogP contribution in [0.25, 0.3) is 0 Å². The van der Waals surface area contributed by atoms with E-state index in [0.717, 1.165) is 23.8 Å². The largest absolute Gasteiger partial charge is 0.384 e. The lowest BCUT2D eigenvalue weighted by atomic mass is 10.3. The van der Waals surface area contributed by atoms with Crippen LogP contribution in [0.1, 0.15) is 20.3 Å². The van der Waals surface area contributed by atoms with Crippen molar-refractivity contribution >= 4 is 11.4 Å². The van der Waals surface area contributed by atoms with E-state index in [1.54, 1.807) is 0 Å². The minimum Gasteiger partial charge on any atom is -0.384 e. The molecule has 0 saturated heterocycles. The zero-order valence-corrected chi connectivity index (χ0v) is 8.75.